The van der Waals surface area contributed by atoms with Gasteiger partial charge in [-0.15, -0.1) is 0 Å². The fourth-order valence-electron chi connectivity index (χ4n) is 1.47. The van der Waals surface area contributed by atoms with Crippen LogP contribution in [-0.4, -0.2) is 19.7 Å². The Morgan fingerprint density at radius 2 is 2.13 bits per heavy atom. The van der Waals surface area contributed by atoms with Crippen molar-refractivity contribution in [3.05, 3.63) is 29.3 Å². The summed E-state index contributed by atoms with van der Waals surface area (Å²) in [7, 11) is 1.93. The quantitative estimate of drug-likeness (QED) is 0.807. The zero-order chi connectivity index (χ0) is 11.1. The van der Waals surface area contributed by atoms with Gasteiger partial charge in [0, 0.05) is 6.54 Å². The Balaban J connectivity index is 2.60. The van der Waals surface area contributed by atoms with Crippen molar-refractivity contribution in [3.63, 3.8) is 0 Å². The summed E-state index contributed by atoms with van der Waals surface area (Å²) < 4.78 is 5.83. The fourth-order valence-corrected chi connectivity index (χ4v) is 1.65. The number of nitrogens with one attached hydrogen (secondary N) is 1. The summed E-state index contributed by atoms with van der Waals surface area (Å²) in [6, 6.07) is 7.59. The average Bonchev–Trinajstić information content (AvgIpc) is 2.22. The monoisotopic (exact) mass is 227 g/mol. The Bertz CT molecular complexity index is 285. The van der Waals surface area contributed by atoms with Crippen LogP contribution in [0.25, 0.3) is 0 Å². The summed E-state index contributed by atoms with van der Waals surface area (Å²) in [5.74, 6) is 0.771. The Hall–Kier alpha value is -0.730. The van der Waals surface area contributed by atoms with E-state index in [1.54, 1.807) is 0 Å². The highest BCUT2D eigenvalue weighted by Gasteiger charge is 2.09. The van der Waals surface area contributed by atoms with Crippen molar-refractivity contribution in [2.75, 3.05) is 13.6 Å². The third-order valence-electron chi connectivity index (χ3n) is 2.17. The topological polar surface area (TPSA) is 21.3 Å². The number of hydrogen-bond donors (Lipinski definition) is 1. The summed E-state index contributed by atoms with van der Waals surface area (Å²) in [6.07, 6.45) is 2.34. The molecule has 0 heterocycles. The fraction of sp³-hybridized carbons (Fsp3) is 0.500. The maximum absolute atomic E-state index is 6.02. The lowest BCUT2D eigenvalue weighted by Crippen LogP contribution is -2.29. The molecular weight excluding hydrogens is 210 g/mol. The van der Waals surface area contributed by atoms with Crippen molar-refractivity contribution < 1.29 is 4.74 Å². The van der Waals surface area contributed by atoms with E-state index in [0.29, 0.717) is 5.02 Å². The first kappa shape index (κ1) is 12.3. The average molecular weight is 228 g/mol. The van der Waals surface area contributed by atoms with Crippen LogP contribution in [0.4, 0.5) is 0 Å². The van der Waals surface area contributed by atoms with Gasteiger partial charge in [-0.1, -0.05) is 37.1 Å². The number of rotatable bonds is 6. The van der Waals surface area contributed by atoms with Gasteiger partial charge in [0.05, 0.1) is 5.02 Å². The molecule has 15 heavy (non-hydrogen) atoms. The molecule has 1 aromatic carbocycles. The molecule has 1 rings (SSSR count). The summed E-state index contributed by atoms with van der Waals surface area (Å²) in [4.78, 5) is 0. The van der Waals surface area contributed by atoms with Gasteiger partial charge in [-0.2, -0.15) is 0 Å². The highest BCUT2D eigenvalue weighted by molar-refractivity contribution is 6.32. The van der Waals surface area contributed by atoms with Gasteiger partial charge in [-0.05, 0) is 25.6 Å². The second kappa shape index (κ2) is 6.70. The SMILES string of the molecule is CCCC(CNC)Oc1ccccc1Cl. The van der Waals surface area contributed by atoms with Crippen molar-refractivity contribution >= 4 is 11.6 Å². The van der Waals surface area contributed by atoms with E-state index >= 15 is 0 Å². The van der Waals surface area contributed by atoms with E-state index in [-0.39, 0.29) is 6.10 Å². The zero-order valence-electron chi connectivity index (χ0n) is 9.29. The summed E-state index contributed by atoms with van der Waals surface area (Å²) in [5.41, 5.74) is 0. The summed E-state index contributed by atoms with van der Waals surface area (Å²) in [5, 5.41) is 3.80. The van der Waals surface area contributed by atoms with Crippen LogP contribution in [0, 0.1) is 0 Å². The van der Waals surface area contributed by atoms with Crippen LogP contribution in [0.15, 0.2) is 24.3 Å². The molecule has 0 aromatic heterocycles. The molecule has 0 saturated heterocycles. The van der Waals surface area contributed by atoms with Gasteiger partial charge in [-0.3, -0.25) is 0 Å². The molecule has 0 amide bonds. The largest absolute Gasteiger partial charge is 0.488 e. The molecule has 0 aliphatic heterocycles. The van der Waals surface area contributed by atoms with Crippen LogP contribution in [0.2, 0.25) is 5.02 Å². The van der Waals surface area contributed by atoms with E-state index in [1.807, 2.05) is 31.3 Å². The lowest BCUT2D eigenvalue weighted by molar-refractivity contribution is 0.189. The van der Waals surface area contributed by atoms with E-state index in [9.17, 15) is 0 Å². The van der Waals surface area contributed by atoms with E-state index < -0.39 is 0 Å². The molecule has 0 radical (unpaired) electrons. The number of hydrogen-bond acceptors (Lipinski definition) is 2. The Morgan fingerprint density at radius 3 is 2.73 bits per heavy atom. The first-order chi connectivity index (χ1) is 7.27. The molecule has 0 aliphatic rings. The summed E-state index contributed by atoms with van der Waals surface area (Å²) in [6.45, 7) is 3.00. The zero-order valence-corrected chi connectivity index (χ0v) is 10.1. The predicted octanol–water partition coefficient (Wildman–Crippen LogP) is 3.11. The van der Waals surface area contributed by atoms with Gasteiger partial charge in [0.15, 0.2) is 0 Å². The number of benzene rings is 1. The van der Waals surface area contributed by atoms with Gasteiger partial charge in [0.2, 0.25) is 0 Å². The molecule has 1 aromatic rings. The van der Waals surface area contributed by atoms with Gasteiger partial charge in [0.25, 0.3) is 0 Å². The van der Waals surface area contributed by atoms with Crippen molar-refractivity contribution in [2.24, 2.45) is 0 Å². The molecule has 0 saturated carbocycles. The molecule has 1 unspecified atom stereocenters. The molecular formula is C12H18ClNO. The van der Waals surface area contributed by atoms with Gasteiger partial charge >= 0.3 is 0 Å². The minimum absolute atomic E-state index is 0.194. The van der Waals surface area contributed by atoms with Crippen LogP contribution in [0.1, 0.15) is 19.8 Å². The van der Waals surface area contributed by atoms with Gasteiger partial charge < -0.3 is 10.1 Å². The first-order valence-corrected chi connectivity index (χ1v) is 5.71. The van der Waals surface area contributed by atoms with E-state index in [1.165, 1.54) is 0 Å². The second-order valence-electron chi connectivity index (χ2n) is 3.52. The number of likely N-dealkylation sites (N-methyl/N-ethyl adjacent to an activating group) is 1. The maximum Gasteiger partial charge on any atom is 0.138 e. The van der Waals surface area contributed by atoms with Crippen molar-refractivity contribution in [2.45, 2.75) is 25.9 Å². The van der Waals surface area contributed by atoms with Crippen LogP contribution in [-0.2, 0) is 0 Å². The van der Waals surface area contributed by atoms with Crippen molar-refractivity contribution in [1.82, 2.24) is 5.32 Å². The second-order valence-corrected chi connectivity index (χ2v) is 3.92. The molecule has 84 valence electrons. The van der Waals surface area contributed by atoms with Crippen molar-refractivity contribution in [1.29, 1.82) is 0 Å². The van der Waals surface area contributed by atoms with Crippen LogP contribution in [0.3, 0.4) is 0 Å². The number of halogens is 1. The molecule has 0 spiro atoms. The van der Waals surface area contributed by atoms with Gasteiger partial charge in [-0.25, -0.2) is 0 Å². The Morgan fingerprint density at radius 1 is 1.40 bits per heavy atom. The highest BCUT2D eigenvalue weighted by atomic mass is 35.5. The van der Waals surface area contributed by atoms with Crippen LogP contribution in [0.5, 0.6) is 5.75 Å². The lowest BCUT2D eigenvalue weighted by atomic mass is 10.2. The van der Waals surface area contributed by atoms with E-state index in [2.05, 4.69) is 12.2 Å². The maximum atomic E-state index is 6.02. The molecule has 1 atom stereocenters. The van der Waals surface area contributed by atoms with Crippen LogP contribution >= 0.6 is 11.6 Å². The van der Waals surface area contributed by atoms with Crippen molar-refractivity contribution in [3.8, 4) is 5.75 Å². The van der Waals surface area contributed by atoms with E-state index in [0.717, 1.165) is 25.1 Å². The van der Waals surface area contributed by atoms with Crippen LogP contribution < -0.4 is 10.1 Å². The smallest absolute Gasteiger partial charge is 0.138 e. The third-order valence-corrected chi connectivity index (χ3v) is 2.48. The molecule has 2 nitrogen and oxygen atoms in total. The first-order valence-electron chi connectivity index (χ1n) is 5.33. The van der Waals surface area contributed by atoms with E-state index in [4.69, 9.17) is 16.3 Å². The number of para-hydroxylation sites is 1. The third kappa shape index (κ3) is 4.10. The molecule has 0 bridgehead atoms. The minimum Gasteiger partial charge on any atom is -0.488 e. The Labute approximate surface area is 96.6 Å². The Kier molecular flexibility index (Phi) is 5.51. The molecule has 1 N–H and O–H groups in total. The lowest BCUT2D eigenvalue weighted by Gasteiger charge is -2.18. The highest BCUT2D eigenvalue weighted by Crippen LogP contribution is 2.24. The molecule has 3 heteroatoms. The normalized spacial score (nSPS) is 12.5. The predicted molar refractivity (Wildman–Crippen MR) is 64.7 cm³/mol. The minimum atomic E-state index is 0.194. The standard InChI is InChI=1S/C12H18ClNO/c1-3-6-10(9-14-2)15-12-8-5-4-7-11(12)13/h4-5,7-8,10,14H,3,6,9H2,1-2H3. The van der Waals surface area contributed by atoms with Gasteiger partial charge in [0.1, 0.15) is 11.9 Å². The number of ether oxygens (including phenoxy) is 1. The summed E-state index contributed by atoms with van der Waals surface area (Å²) >= 11 is 6.02. The molecule has 0 aliphatic carbocycles. The molecule has 0 fully saturated rings.